The number of ether oxygens (including phenoxy) is 2. The minimum atomic E-state index is 0.0633. The van der Waals surface area contributed by atoms with Crippen LogP contribution < -0.4 is 0 Å². The Kier molecular flexibility index (Phi) is 7.59. The molecule has 4 aliphatic carbocycles. The Labute approximate surface area is 211 Å². The number of hydrogen-bond donors (Lipinski definition) is 0. The van der Waals surface area contributed by atoms with Gasteiger partial charge >= 0.3 is 0 Å². The summed E-state index contributed by atoms with van der Waals surface area (Å²) in [5.41, 5.74) is 2.78. The van der Waals surface area contributed by atoms with Crippen LogP contribution in [0.3, 0.4) is 0 Å². The first-order valence-corrected chi connectivity index (χ1v) is 15.3. The molecular formula is C32H54O2. The normalized spacial score (nSPS) is 45.3. The van der Waals surface area contributed by atoms with Gasteiger partial charge in [-0.2, -0.15) is 0 Å². The van der Waals surface area contributed by atoms with Crippen molar-refractivity contribution in [3.05, 3.63) is 11.6 Å². The highest BCUT2D eigenvalue weighted by Crippen LogP contribution is 2.67. The fraction of sp³-hybridized carbons (Fsp3) is 0.938. The lowest BCUT2D eigenvalue weighted by Gasteiger charge is -2.58. The minimum Gasteiger partial charge on any atom is -0.353 e. The van der Waals surface area contributed by atoms with Crippen LogP contribution >= 0.6 is 0 Å². The Morgan fingerprint density at radius 3 is 2.59 bits per heavy atom. The van der Waals surface area contributed by atoms with E-state index in [1.807, 2.05) is 0 Å². The third-order valence-corrected chi connectivity index (χ3v) is 11.7. The van der Waals surface area contributed by atoms with Crippen LogP contribution in [0.25, 0.3) is 0 Å². The van der Waals surface area contributed by atoms with Crippen LogP contribution in [-0.4, -0.2) is 19.0 Å². The predicted octanol–water partition coefficient (Wildman–Crippen LogP) is 8.94. The van der Waals surface area contributed by atoms with Gasteiger partial charge < -0.3 is 9.47 Å². The zero-order valence-electron chi connectivity index (χ0n) is 23.1. The molecule has 0 amide bonds. The van der Waals surface area contributed by atoms with Gasteiger partial charge in [0.05, 0.1) is 6.10 Å². The van der Waals surface area contributed by atoms with Gasteiger partial charge in [0.25, 0.3) is 0 Å². The highest BCUT2D eigenvalue weighted by Gasteiger charge is 2.59. The number of fused-ring (bicyclic) bond motifs is 5. The molecule has 1 saturated heterocycles. The van der Waals surface area contributed by atoms with Crippen LogP contribution in [0.15, 0.2) is 11.6 Å². The molecule has 2 heteroatoms. The molecular weight excluding hydrogens is 416 g/mol. The maximum absolute atomic E-state index is 6.47. The first-order chi connectivity index (χ1) is 16.3. The summed E-state index contributed by atoms with van der Waals surface area (Å²) in [6, 6.07) is 0. The van der Waals surface area contributed by atoms with Crippen LogP contribution in [0.4, 0.5) is 0 Å². The van der Waals surface area contributed by atoms with E-state index in [2.05, 4.69) is 40.7 Å². The van der Waals surface area contributed by atoms with Crippen LogP contribution in [0.2, 0.25) is 0 Å². The van der Waals surface area contributed by atoms with Gasteiger partial charge in [-0.15, -0.1) is 0 Å². The SMILES string of the molecule is CC(C)CCC[C@H](C)[C@H]1CC[C@H]2[C@@H]3CC=C4C[C@@H](OC5CCCCO5)CC[C@]4(C)[C@H]3CC[C@]12C. The number of rotatable bonds is 7. The predicted molar refractivity (Wildman–Crippen MR) is 142 cm³/mol. The fourth-order valence-electron chi connectivity index (χ4n) is 9.80. The molecule has 1 aliphatic heterocycles. The van der Waals surface area contributed by atoms with Gasteiger partial charge in [0.2, 0.25) is 0 Å². The maximum Gasteiger partial charge on any atom is 0.157 e. The summed E-state index contributed by atoms with van der Waals surface area (Å²) >= 11 is 0. The van der Waals surface area contributed by atoms with Crippen LogP contribution in [0.5, 0.6) is 0 Å². The van der Waals surface area contributed by atoms with Gasteiger partial charge in [-0.3, -0.25) is 0 Å². The molecule has 5 rings (SSSR count). The molecule has 0 bridgehead atoms. The van der Waals surface area contributed by atoms with E-state index in [1.54, 1.807) is 5.57 Å². The van der Waals surface area contributed by atoms with Crippen molar-refractivity contribution in [2.24, 2.45) is 46.3 Å². The Balaban J connectivity index is 1.24. The summed E-state index contributed by atoms with van der Waals surface area (Å²) in [5, 5.41) is 0. The molecule has 3 saturated carbocycles. The van der Waals surface area contributed by atoms with Crippen molar-refractivity contribution in [1.29, 1.82) is 0 Å². The van der Waals surface area contributed by atoms with E-state index >= 15 is 0 Å². The molecule has 34 heavy (non-hydrogen) atoms. The van der Waals surface area contributed by atoms with E-state index < -0.39 is 0 Å². The average Bonchev–Trinajstić information content (AvgIpc) is 3.17. The topological polar surface area (TPSA) is 18.5 Å². The summed E-state index contributed by atoms with van der Waals surface area (Å²) in [6.45, 7) is 13.6. The average molecular weight is 471 g/mol. The second kappa shape index (κ2) is 10.2. The number of hydrogen-bond acceptors (Lipinski definition) is 2. The molecule has 4 fully saturated rings. The molecule has 194 valence electrons. The van der Waals surface area contributed by atoms with E-state index in [-0.39, 0.29) is 6.29 Å². The van der Waals surface area contributed by atoms with Crippen molar-refractivity contribution in [2.45, 2.75) is 137 Å². The van der Waals surface area contributed by atoms with E-state index in [0.717, 1.165) is 55.0 Å². The van der Waals surface area contributed by atoms with Gasteiger partial charge in [0.1, 0.15) is 0 Å². The molecule has 2 nitrogen and oxygen atoms in total. The third kappa shape index (κ3) is 4.69. The highest BCUT2D eigenvalue weighted by molar-refractivity contribution is 5.25. The summed E-state index contributed by atoms with van der Waals surface area (Å²) in [5.74, 6) is 5.53. The van der Waals surface area contributed by atoms with Crippen LogP contribution in [0, 0.1) is 46.3 Å². The lowest BCUT2D eigenvalue weighted by Crippen LogP contribution is -2.51. The molecule has 0 radical (unpaired) electrons. The zero-order valence-corrected chi connectivity index (χ0v) is 23.1. The van der Waals surface area contributed by atoms with Gasteiger partial charge in [-0.25, -0.2) is 0 Å². The Bertz CT molecular complexity index is 721. The van der Waals surface area contributed by atoms with Crippen LogP contribution in [-0.2, 0) is 9.47 Å². The minimum absolute atomic E-state index is 0.0633. The molecule has 1 heterocycles. The molecule has 0 aromatic rings. The van der Waals surface area contributed by atoms with Crippen molar-refractivity contribution in [2.75, 3.05) is 6.61 Å². The lowest BCUT2D eigenvalue weighted by atomic mass is 9.47. The Morgan fingerprint density at radius 1 is 0.971 bits per heavy atom. The van der Waals surface area contributed by atoms with Crippen molar-refractivity contribution >= 4 is 0 Å². The zero-order chi connectivity index (χ0) is 23.9. The molecule has 0 spiro atoms. The fourth-order valence-corrected chi connectivity index (χ4v) is 9.80. The van der Waals surface area contributed by atoms with Gasteiger partial charge in [0.15, 0.2) is 6.29 Å². The Morgan fingerprint density at radius 2 is 1.82 bits per heavy atom. The summed E-state index contributed by atoms with van der Waals surface area (Å²) in [7, 11) is 0. The molecule has 5 aliphatic rings. The van der Waals surface area contributed by atoms with E-state index in [1.165, 1.54) is 77.0 Å². The van der Waals surface area contributed by atoms with Gasteiger partial charge in [0, 0.05) is 6.61 Å². The first-order valence-electron chi connectivity index (χ1n) is 15.3. The molecule has 0 N–H and O–H groups in total. The van der Waals surface area contributed by atoms with Crippen molar-refractivity contribution in [1.82, 2.24) is 0 Å². The maximum atomic E-state index is 6.47. The first kappa shape index (κ1) is 25.3. The van der Waals surface area contributed by atoms with Crippen molar-refractivity contribution in [3.63, 3.8) is 0 Å². The van der Waals surface area contributed by atoms with E-state index in [4.69, 9.17) is 9.47 Å². The largest absolute Gasteiger partial charge is 0.353 e. The second-order valence-electron chi connectivity index (χ2n) is 14.1. The van der Waals surface area contributed by atoms with Crippen molar-refractivity contribution in [3.8, 4) is 0 Å². The third-order valence-electron chi connectivity index (χ3n) is 11.7. The summed E-state index contributed by atoms with van der Waals surface area (Å²) < 4.78 is 12.4. The van der Waals surface area contributed by atoms with Gasteiger partial charge in [-0.1, -0.05) is 65.5 Å². The van der Waals surface area contributed by atoms with E-state index in [9.17, 15) is 0 Å². The van der Waals surface area contributed by atoms with Crippen LogP contribution in [0.1, 0.15) is 125 Å². The molecule has 0 aromatic carbocycles. The lowest BCUT2D eigenvalue weighted by molar-refractivity contribution is -0.195. The van der Waals surface area contributed by atoms with E-state index in [0.29, 0.717) is 16.9 Å². The smallest absolute Gasteiger partial charge is 0.157 e. The standard InChI is InChI=1S/C32H54O2/c1-22(2)9-8-10-23(3)27-14-15-28-26-13-12-24-21-25(34-30-11-6-7-20-33-30)16-18-31(24,4)29(26)17-19-32(27,28)5/h12,22-23,25-30H,6-11,13-21H2,1-5H3/t23-,25-,26-,27+,28-,29-,30?,31-,32+/m0/s1. The second-order valence-corrected chi connectivity index (χ2v) is 14.1. The number of allylic oxidation sites excluding steroid dienone is 1. The van der Waals surface area contributed by atoms with Crippen molar-refractivity contribution < 1.29 is 9.47 Å². The quantitative estimate of drug-likeness (QED) is 0.346. The highest BCUT2D eigenvalue weighted by atomic mass is 16.7. The molecule has 1 unspecified atom stereocenters. The monoisotopic (exact) mass is 470 g/mol. The summed E-state index contributed by atoms with van der Waals surface area (Å²) in [6.07, 6.45) is 22.0. The Hall–Kier alpha value is -0.340. The molecule has 9 atom stereocenters. The molecule has 0 aromatic heterocycles. The van der Waals surface area contributed by atoms with Gasteiger partial charge in [-0.05, 0) is 117 Å². The summed E-state index contributed by atoms with van der Waals surface area (Å²) in [4.78, 5) is 0.